The second-order valence-corrected chi connectivity index (χ2v) is 8.35. The molecule has 1 aromatic heterocycles. The van der Waals surface area contributed by atoms with E-state index in [0.29, 0.717) is 27.4 Å². The minimum atomic E-state index is -0.166. The predicted octanol–water partition coefficient (Wildman–Crippen LogP) is 5.64. The first kappa shape index (κ1) is 21.9. The van der Waals surface area contributed by atoms with Crippen molar-refractivity contribution in [3.8, 4) is 22.8 Å². The Morgan fingerprint density at radius 3 is 2.56 bits per heavy atom. The van der Waals surface area contributed by atoms with Gasteiger partial charge in [0.2, 0.25) is 5.91 Å². The molecule has 0 aliphatic heterocycles. The molecule has 1 amide bonds. The highest BCUT2D eigenvalue weighted by Gasteiger charge is 2.19. The molecule has 8 heteroatoms. The number of halogens is 1. The average molecular weight is 465 g/mol. The number of nitrogens with zero attached hydrogens (tertiary/aromatic N) is 3. The molecule has 0 radical (unpaired) electrons. The van der Waals surface area contributed by atoms with Gasteiger partial charge in [0, 0.05) is 11.3 Å². The van der Waals surface area contributed by atoms with Gasteiger partial charge in [-0.15, -0.1) is 10.2 Å². The van der Waals surface area contributed by atoms with E-state index in [1.165, 1.54) is 11.8 Å². The van der Waals surface area contributed by atoms with Crippen molar-refractivity contribution in [3.63, 3.8) is 0 Å². The zero-order valence-corrected chi connectivity index (χ0v) is 19.2. The summed E-state index contributed by atoms with van der Waals surface area (Å²) in [5.41, 5.74) is 3.32. The topological polar surface area (TPSA) is 69.0 Å². The fourth-order valence-electron chi connectivity index (χ4n) is 3.23. The number of carbonyl (C=O) groups is 1. The maximum Gasteiger partial charge on any atom is 0.234 e. The van der Waals surface area contributed by atoms with Crippen LogP contribution in [0.15, 0.2) is 78.0 Å². The maximum absolute atomic E-state index is 12.7. The number of aromatic nitrogens is 3. The Bertz CT molecular complexity index is 1240. The van der Waals surface area contributed by atoms with E-state index < -0.39 is 0 Å². The lowest BCUT2D eigenvalue weighted by Gasteiger charge is -2.12. The van der Waals surface area contributed by atoms with Gasteiger partial charge in [-0.25, -0.2) is 0 Å². The summed E-state index contributed by atoms with van der Waals surface area (Å²) in [6.45, 7) is 1.96. The molecule has 6 nitrogen and oxygen atoms in total. The van der Waals surface area contributed by atoms with E-state index in [1.807, 2.05) is 84.3 Å². The summed E-state index contributed by atoms with van der Waals surface area (Å²) in [6, 6.07) is 22.9. The number of carbonyl (C=O) groups excluding carboxylic acids is 1. The minimum absolute atomic E-state index is 0.157. The summed E-state index contributed by atoms with van der Waals surface area (Å²) >= 11 is 7.72. The average Bonchev–Trinajstić information content (AvgIpc) is 3.22. The lowest BCUT2D eigenvalue weighted by atomic mass is 10.2. The van der Waals surface area contributed by atoms with Gasteiger partial charge in [0.25, 0.3) is 0 Å². The molecule has 0 unspecified atom stereocenters. The van der Waals surface area contributed by atoms with Gasteiger partial charge in [0.1, 0.15) is 5.75 Å². The van der Waals surface area contributed by atoms with Crippen molar-refractivity contribution in [1.29, 1.82) is 0 Å². The number of thioether (sulfide) groups is 1. The molecule has 162 valence electrons. The zero-order valence-electron chi connectivity index (χ0n) is 17.6. The number of rotatable bonds is 7. The maximum atomic E-state index is 12.7. The molecule has 0 bridgehead atoms. The highest BCUT2D eigenvalue weighted by atomic mass is 35.5. The number of methoxy groups -OCH3 is 1. The molecule has 4 rings (SSSR count). The number of anilines is 1. The van der Waals surface area contributed by atoms with Gasteiger partial charge in [-0.1, -0.05) is 59.8 Å². The van der Waals surface area contributed by atoms with Crippen LogP contribution in [0.1, 0.15) is 5.56 Å². The molecule has 3 aromatic carbocycles. The lowest BCUT2D eigenvalue weighted by molar-refractivity contribution is -0.113. The highest BCUT2D eigenvalue weighted by molar-refractivity contribution is 7.99. The third kappa shape index (κ3) is 4.79. The summed E-state index contributed by atoms with van der Waals surface area (Å²) < 4.78 is 7.25. The van der Waals surface area contributed by atoms with E-state index in [2.05, 4.69) is 15.5 Å². The van der Waals surface area contributed by atoms with Gasteiger partial charge in [0.15, 0.2) is 11.0 Å². The third-order valence-corrected chi connectivity index (χ3v) is 5.98. The van der Waals surface area contributed by atoms with Crippen LogP contribution in [0.25, 0.3) is 17.1 Å². The molecule has 32 heavy (non-hydrogen) atoms. The predicted molar refractivity (Wildman–Crippen MR) is 129 cm³/mol. The van der Waals surface area contributed by atoms with Gasteiger partial charge >= 0.3 is 0 Å². The van der Waals surface area contributed by atoms with Gasteiger partial charge in [-0.3, -0.25) is 9.36 Å². The van der Waals surface area contributed by atoms with Crippen molar-refractivity contribution >= 4 is 35.0 Å². The number of aryl methyl sites for hydroxylation is 1. The number of benzene rings is 3. The number of hydrogen-bond acceptors (Lipinski definition) is 5. The molecular formula is C24H21ClN4O2S. The summed E-state index contributed by atoms with van der Waals surface area (Å²) in [6.07, 6.45) is 0. The molecule has 1 heterocycles. The molecule has 0 saturated heterocycles. The Balaban J connectivity index is 1.60. The molecule has 0 atom stereocenters. The van der Waals surface area contributed by atoms with Crippen LogP contribution >= 0.6 is 23.4 Å². The van der Waals surface area contributed by atoms with E-state index in [4.69, 9.17) is 16.3 Å². The van der Waals surface area contributed by atoms with E-state index >= 15 is 0 Å². The smallest absolute Gasteiger partial charge is 0.234 e. The fraction of sp³-hybridized carbons (Fsp3) is 0.125. The quantitative estimate of drug-likeness (QED) is 0.359. The van der Waals surface area contributed by atoms with Gasteiger partial charge in [-0.05, 0) is 48.9 Å². The van der Waals surface area contributed by atoms with E-state index in [9.17, 15) is 4.79 Å². The molecular weight excluding hydrogens is 444 g/mol. The number of amides is 1. The third-order valence-electron chi connectivity index (χ3n) is 4.72. The number of ether oxygens (including phenoxy) is 1. The first-order chi connectivity index (χ1) is 15.6. The number of nitrogens with one attached hydrogen (secondary N) is 1. The van der Waals surface area contributed by atoms with Crippen molar-refractivity contribution < 1.29 is 9.53 Å². The summed E-state index contributed by atoms with van der Waals surface area (Å²) in [5, 5.41) is 12.8. The Kier molecular flexibility index (Phi) is 6.78. The van der Waals surface area contributed by atoms with Crippen LogP contribution in [0.5, 0.6) is 5.75 Å². The molecule has 4 aromatic rings. The van der Waals surface area contributed by atoms with Crippen molar-refractivity contribution in [2.45, 2.75) is 12.1 Å². The van der Waals surface area contributed by atoms with Crippen LogP contribution in [0.3, 0.4) is 0 Å². The second kappa shape index (κ2) is 9.89. The number of para-hydroxylation sites is 1. The van der Waals surface area contributed by atoms with Crippen LogP contribution in [-0.4, -0.2) is 33.5 Å². The van der Waals surface area contributed by atoms with Gasteiger partial charge in [-0.2, -0.15) is 0 Å². The van der Waals surface area contributed by atoms with E-state index in [1.54, 1.807) is 7.11 Å². The van der Waals surface area contributed by atoms with Crippen LogP contribution in [0.2, 0.25) is 5.02 Å². The Morgan fingerprint density at radius 2 is 1.81 bits per heavy atom. The SMILES string of the molecule is COc1ccc(C)cc1NC(=O)CSc1nnc(-c2ccccc2Cl)n1-c1ccccc1. The molecule has 0 aliphatic rings. The minimum Gasteiger partial charge on any atom is -0.495 e. The summed E-state index contributed by atoms with van der Waals surface area (Å²) in [7, 11) is 1.58. The van der Waals surface area contributed by atoms with Crippen molar-refractivity contribution in [3.05, 3.63) is 83.4 Å². The summed E-state index contributed by atoms with van der Waals surface area (Å²) in [4.78, 5) is 12.7. The first-order valence-corrected chi connectivity index (χ1v) is 11.3. The van der Waals surface area contributed by atoms with Crippen molar-refractivity contribution in [1.82, 2.24) is 14.8 Å². The van der Waals surface area contributed by atoms with Crippen LogP contribution in [0.4, 0.5) is 5.69 Å². The van der Waals surface area contributed by atoms with Crippen molar-refractivity contribution in [2.75, 3.05) is 18.2 Å². The van der Waals surface area contributed by atoms with E-state index in [0.717, 1.165) is 16.8 Å². The number of hydrogen-bond donors (Lipinski definition) is 1. The highest BCUT2D eigenvalue weighted by Crippen LogP contribution is 2.32. The summed E-state index contributed by atoms with van der Waals surface area (Å²) in [5.74, 6) is 1.22. The van der Waals surface area contributed by atoms with Crippen LogP contribution in [0, 0.1) is 6.92 Å². The Labute approximate surface area is 195 Å². The normalized spacial score (nSPS) is 10.7. The lowest BCUT2D eigenvalue weighted by Crippen LogP contribution is -2.15. The Hall–Kier alpha value is -3.29. The van der Waals surface area contributed by atoms with Crippen molar-refractivity contribution in [2.24, 2.45) is 0 Å². The second-order valence-electron chi connectivity index (χ2n) is 7.00. The zero-order chi connectivity index (χ0) is 22.5. The fourth-order valence-corrected chi connectivity index (χ4v) is 4.20. The molecule has 0 aliphatic carbocycles. The Morgan fingerprint density at radius 1 is 1.06 bits per heavy atom. The van der Waals surface area contributed by atoms with E-state index in [-0.39, 0.29) is 11.7 Å². The van der Waals surface area contributed by atoms with Gasteiger partial charge in [0.05, 0.1) is 23.6 Å². The van der Waals surface area contributed by atoms with Crippen LogP contribution < -0.4 is 10.1 Å². The molecule has 0 saturated carbocycles. The molecule has 0 fully saturated rings. The first-order valence-electron chi connectivity index (χ1n) is 9.90. The standard InChI is InChI=1S/C24H21ClN4O2S/c1-16-12-13-21(31-2)20(14-16)26-22(30)15-32-24-28-27-23(18-10-6-7-11-19(18)25)29(24)17-8-4-3-5-9-17/h3-14H,15H2,1-2H3,(H,26,30). The molecule has 0 spiro atoms. The van der Waals surface area contributed by atoms with Crippen LogP contribution in [-0.2, 0) is 4.79 Å². The monoisotopic (exact) mass is 464 g/mol. The largest absolute Gasteiger partial charge is 0.495 e. The van der Waals surface area contributed by atoms with Gasteiger partial charge < -0.3 is 10.1 Å². The molecule has 1 N–H and O–H groups in total.